The first-order valence-electron chi connectivity index (χ1n) is 7.52. The van der Waals surface area contributed by atoms with Gasteiger partial charge in [0.25, 0.3) is 0 Å². The predicted molar refractivity (Wildman–Crippen MR) is 79.7 cm³/mol. The van der Waals surface area contributed by atoms with Crippen molar-refractivity contribution in [1.82, 2.24) is 5.32 Å². The average Bonchev–Trinajstić information content (AvgIpc) is 3.29. The Morgan fingerprint density at radius 2 is 2.14 bits per heavy atom. The van der Waals surface area contributed by atoms with E-state index in [2.05, 4.69) is 5.32 Å². The SMILES string of the molecule is O=C(CN1CCCc2c(C(=O)O)cccc21)NCC1CC1. The Morgan fingerprint density at radius 1 is 1.33 bits per heavy atom. The van der Waals surface area contributed by atoms with Crippen LogP contribution in [-0.2, 0) is 11.2 Å². The molecule has 1 aliphatic carbocycles. The molecule has 1 aliphatic heterocycles. The number of anilines is 1. The van der Waals surface area contributed by atoms with E-state index >= 15 is 0 Å². The molecule has 0 unspecified atom stereocenters. The highest BCUT2D eigenvalue weighted by Gasteiger charge is 2.25. The number of fused-ring (bicyclic) bond motifs is 1. The van der Waals surface area contributed by atoms with Crippen LogP contribution in [0.5, 0.6) is 0 Å². The molecule has 1 amide bonds. The summed E-state index contributed by atoms with van der Waals surface area (Å²) in [7, 11) is 0. The lowest BCUT2D eigenvalue weighted by atomic mass is 9.96. The number of amides is 1. The van der Waals surface area contributed by atoms with E-state index in [1.54, 1.807) is 12.1 Å². The van der Waals surface area contributed by atoms with Crippen molar-refractivity contribution < 1.29 is 14.7 Å². The molecule has 112 valence electrons. The number of carboxylic acids is 1. The summed E-state index contributed by atoms with van der Waals surface area (Å²) >= 11 is 0. The Bertz CT molecular complexity index is 567. The van der Waals surface area contributed by atoms with E-state index in [1.165, 1.54) is 12.8 Å². The third-order valence-electron chi connectivity index (χ3n) is 4.20. The van der Waals surface area contributed by atoms with Gasteiger partial charge in [-0.1, -0.05) is 6.07 Å². The van der Waals surface area contributed by atoms with Crippen molar-refractivity contribution in [2.75, 3.05) is 24.5 Å². The van der Waals surface area contributed by atoms with E-state index in [9.17, 15) is 14.7 Å². The standard InChI is InChI=1S/C16H20N2O3/c19-15(17-9-11-6-7-11)10-18-8-2-4-12-13(16(20)21)3-1-5-14(12)18/h1,3,5,11H,2,4,6-10H2,(H,17,19)(H,20,21). The molecule has 1 fully saturated rings. The lowest BCUT2D eigenvalue weighted by Crippen LogP contribution is -2.40. The molecule has 2 N–H and O–H groups in total. The summed E-state index contributed by atoms with van der Waals surface area (Å²) in [6.45, 7) is 1.88. The molecule has 1 aromatic rings. The zero-order valence-corrected chi connectivity index (χ0v) is 12.0. The number of nitrogens with zero attached hydrogens (tertiary/aromatic N) is 1. The van der Waals surface area contributed by atoms with Crippen LogP contribution >= 0.6 is 0 Å². The highest BCUT2D eigenvalue weighted by molar-refractivity contribution is 5.92. The zero-order valence-electron chi connectivity index (χ0n) is 12.0. The van der Waals surface area contributed by atoms with Crippen molar-refractivity contribution in [3.05, 3.63) is 29.3 Å². The van der Waals surface area contributed by atoms with Gasteiger partial charge in [0, 0.05) is 18.8 Å². The van der Waals surface area contributed by atoms with Crippen LogP contribution in [0, 0.1) is 5.92 Å². The van der Waals surface area contributed by atoms with Gasteiger partial charge >= 0.3 is 5.97 Å². The fourth-order valence-corrected chi connectivity index (χ4v) is 2.87. The second kappa shape index (κ2) is 5.76. The molecule has 0 saturated heterocycles. The quantitative estimate of drug-likeness (QED) is 0.864. The Balaban J connectivity index is 1.72. The van der Waals surface area contributed by atoms with Gasteiger partial charge < -0.3 is 15.3 Å². The van der Waals surface area contributed by atoms with Crippen LogP contribution in [-0.4, -0.2) is 36.6 Å². The van der Waals surface area contributed by atoms with Gasteiger partial charge in [0.15, 0.2) is 0 Å². The maximum absolute atomic E-state index is 12.0. The minimum atomic E-state index is -0.896. The third-order valence-corrected chi connectivity index (χ3v) is 4.20. The molecule has 0 spiro atoms. The molecular weight excluding hydrogens is 268 g/mol. The first-order valence-corrected chi connectivity index (χ1v) is 7.52. The van der Waals surface area contributed by atoms with E-state index in [0.717, 1.165) is 37.2 Å². The Labute approximate surface area is 123 Å². The minimum Gasteiger partial charge on any atom is -0.478 e. The molecule has 5 nitrogen and oxygen atoms in total. The molecule has 0 atom stereocenters. The van der Waals surface area contributed by atoms with Crippen LogP contribution in [0.15, 0.2) is 18.2 Å². The van der Waals surface area contributed by atoms with Crippen LogP contribution in [0.2, 0.25) is 0 Å². The maximum Gasteiger partial charge on any atom is 0.336 e. The van der Waals surface area contributed by atoms with Gasteiger partial charge in [-0.15, -0.1) is 0 Å². The molecule has 0 bridgehead atoms. The Kier molecular flexibility index (Phi) is 3.82. The van der Waals surface area contributed by atoms with Gasteiger partial charge in [-0.2, -0.15) is 0 Å². The number of carboxylic acid groups (broad SMARTS) is 1. The summed E-state index contributed by atoms with van der Waals surface area (Å²) in [5.74, 6) is -0.205. The van der Waals surface area contributed by atoms with E-state index in [4.69, 9.17) is 0 Å². The summed E-state index contributed by atoms with van der Waals surface area (Å²) in [5.41, 5.74) is 2.10. The van der Waals surface area contributed by atoms with Gasteiger partial charge in [-0.25, -0.2) is 4.79 Å². The molecule has 0 aromatic heterocycles. The summed E-state index contributed by atoms with van der Waals surface area (Å²) in [4.78, 5) is 25.3. The van der Waals surface area contributed by atoms with E-state index in [-0.39, 0.29) is 5.91 Å². The predicted octanol–water partition coefficient (Wildman–Crippen LogP) is 1.66. The highest BCUT2D eigenvalue weighted by atomic mass is 16.4. The summed E-state index contributed by atoms with van der Waals surface area (Å²) in [6, 6.07) is 5.30. The van der Waals surface area contributed by atoms with Crippen LogP contribution in [0.25, 0.3) is 0 Å². The number of aromatic carboxylic acids is 1. The van der Waals surface area contributed by atoms with Gasteiger partial charge in [0.1, 0.15) is 0 Å². The number of rotatable bonds is 5. The summed E-state index contributed by atoms with van der Waals surface area (Å²) in [5, 5.41) is 12.2. The van der Waals surface area contributed by atoms with Gasteiger partial charge in [0.2, 0.25) is 5.91 Å². The number of benzene rings is 1. The van der Waals surface area contributed by atoms with E-state index in [1.807, 2.05) is 11.0 Å². The molecule has 1 heterocycles. The Morgan fingerprint density at radius 3 is 2.86 bits per heavy atom. The van der Waals surface area contributed by atoms with Crippen molar-refractivity contribution >= 4 is 17.6 Å². The number of carbonyl (C=O) groups excluding carboxylic acids is 1. The average molecular weight is 288 g/mol. The van der Waals surface area contributed by atoms with E-state index < -0.39 is 5.97 Å². The summed E-state index contributed by atoms with van der Waals surface area (Å²) < 4.78 is 0. The smallest absolute Gasteiger partial charge is 0.336 e. The minimum absolute atomic E-state index is 0.0236. The second-order valence-corrected chi connectivity index (χ2v) is 5.88. The van der Waals surface area contributed by atoms with Crippen LogP contribution in [0.4, 0.5) is 5.69 Å². The van der Waals surface area contributed by atoms with Crippen LogP contribution in [0.3, 0.4) is 0 Å². The maximum atomic E-state index is 12.0. The summed E-state index contributed by atoms with van der Waals surface area (Å²) in [6.07, 6.45) is 4.08. The van der Waals surface area contributed by atoms with Crippen molar-refractivity contribution in [2.45, 2.75) is 25.7 Å². The van der Waals surface area contributed by atoms with Crippen molar-refractivity contribution in [1.29, 1.82) is 0 Å². The van der Waals surface area contributed by atoms with Crippen LogP contribution < -0.4 is 10.2 Å². The van der Waals surface area contributed by atoms with Crippen LogP contribution in [0.1, 0.15) is 35.2 Å². The second-order valence-electron chi connectivity index (χ2n) is 5.88. The van der Waals surface area contributed by atoms with Gasteiger partial charge in [-0.3, -0.25) is 4.79 Å². The van der Waals surface area contributed by atoms with Gasteiger partial charge in [0.05, 0.1) is 12.1 Å². The van der Waals surface area contributed by atoms with Gasteiger partial charge in [-0.05, 0) is 49.3 Å². The largest absolute Gasteiger partial charge is 0.478 e. The number of hydrogen-bond acceptors (Lipinski definition) is 3. The monoisotopic (exact) mass is 288 g/mol. The van der Waals surface area contributed by atoms with Crippen molar-refractivity contribution in [2.24, 2.45) is 5.92 Å². The van der Waals surface area contributed by atoms with Crippen molar-refractivity contribution in [3.8, 4) is 0 Å². The molecule has 21 heavy (non-hydrogen) atoms. The number of nitrogens with one attached hydrogen (secondary N) is 1. The first-order chi connectivity index (χ1) is 10.1. The lowest BCUT2D eigenvalue weighted by Gasteiger charge is -2.31. The topological polar surface area (TPSA) is 69.6 Å². The third kappa shape index (κ3) is 3.17. The molecule has 0 radical (unpaired) electrons. The zero-order chi connectivity index (χ0) is 14.8. The fourth-order valence-electron chi connectivity index (χ4n) is 2.87. The normalized spacial score (nSPS) is 17.2. The lowest BCUT2D eigenvalue weighted by molar-refractivity contribution is -0.119. The number of hydrogen-bond donors (Lipinski definition) is 2. The molecule has 1 saturated carbocycles. The molecular formula is C16H20N2O3. The Hall–Kier alpha value is -2.04. The molecule has 2 aliphatic rings. The molecule has 3 rings (SSSR count). The molecule has 1 aromatic carbocycles. The molecule has 5 heteroatoms. The number of carbonyl (C=O) groups is 2. The van der Waals surface area contributed by atoms with E-state index in [0.29, 0.717) is 18.0 Å². The fraction of sp³-hybridized carbons (Fsp3) is 0.500. The highest BCUT2D eigenvalue weighted by Crippen LogP contribution is 2.30. The first kappa shape index (κ1) is 13.9. The van der Waals surface area contributed by atoms with Crippen molar-refractivity contribution in [3.63, 3.8) is 0 Å².